The van der Waals surface area contributed by atoms with Gasteiger partial charge in [0, 0.05) is 14.7 Å². The molecule has 1 unspecified atom stereocenters. The fraction of sp³-hybridized carbons (Fsp3) is 0.200. The van der Waals surface area contributed by atoms with Crippen LogP contribution in [0.5, 0.6) is 0 Å². The standard InChI is InChI=1S/C25H10Cl2F13IN2O2/c26-13-5-4-9(6-14(13)27)19(44)42-16-3-1-2-11(17(16)28)20(45)43-18-12(22(30,31)32)7-10(8-15(18)41)21(29,24(35,36)37)23(33,34)25(38,39)40/h1-8H,(H,42,44)(H,43,45). The Balaban J connectivity index is 2.09. The molecule has 0 aliphatic heterocycles. The maximum atomic E-state index is 15.2. The van der Waals surface area contributed by atoms with Crippen LogP contribution in [0.1, 0.15) is 31.8 Å². The van der Waals surface area contributed by atoms with E-state index in [1.54, 1.807) is 0 Å². The van der Waals surface area contributed by atoms with E-state index in [0.717, 1.165) is 40.8 Å². The Kier molecular flexibility index (Phi) is 9.98. The number of rotatable bonds is 6. The molecule has 0 saturated heterocycles. The van der Waals surface area contributed by atoms with E-state index in [1.807, 2.05) is 0 Å². The molecule has 45 heavy (non-hydrogen) atoms. The lowest BCUT2D eigenvalue weighted by atomic mass is 9.86. The Morgan fingerprint density at radius 2 is 1.31 bits per heavy atom. The van der Waals surface area contributed by atoms with Crippen LogP contribution in [0.2, 0.25) is 10.0 Å². The fourth-order valence-corrected chi connectivity index (χ4v) is 4.75. The predicted molar refractivity (Wildman–Crippen MR) is 143 cm³/mol. The number of hydrogen-bond acceptors (Lipinski definition) is 2. The number of anilines is 2. The van der Waals surface area contributed by atoms with Gasteiger partial charge in [-0.2, -0.15) is 48.3 Å². The number of alkyl halides is 12. The van der Waals surface area contributed by atoms with Gasteiger partial charge in [-0.25, -0.2) is 8.78 Å². The summed E-state index contributed by atoms with van der Waals surface area (Å²) in [6.45, 7) is 0. The number of halogens is 16. The predicted octanol–water partition coefficient (Wildman–Crippen LogP) is 10.2. The fourth-order valence-electron chi connectivity index (χ4n) is 3.69. The molecule has 0 fully saturated rings. The first-order valence-corrected chi connectivity index (χ1v) is 13.2. The topological polar surface area (TPSA) is 58.2 Å². The number of carbonyl (C=O) groups excluding carboxylic acids is 2. The minimum Gasteiger partial charge on any atom is -0.320 e. The molecular formula is C25H10Cl2F13IN2O2. The van der Waals surface area contributed by atoms with Gasteiger partial charge >= 0.3 is 30.1 Å². The second-order valence-electron chi connectivity index (χ2n) is 8.81. The largest absolute Gasteiger partial charge is 0.457 e. The molecule has 0 aromatic heterocycles. The molecule has 4 nitrogen and oxygen atoms in total. The van der Waals surface area contributed by atoms with Crippen molar-refractivity contribution in [3.8, 4) is 0 Å². The van der Waals surface area contributed by atoms with Crippen LogP contribution in [0.25, 0.3) is 0 Å². The Bertz CT molecular complexity index is 1660. The van der Waals surface area contributed by atoms with Crippen molar-refractivity contribution < 1.29 is 66.7 Å². The van der Waals surface area contributed by atoms with Crippen LogP contribution in [-0.4, -0.2) is 30.1 Å². The summed E-state index contributed by atoms with van der Waals surface area (Å²) in [6, 6.07) is 4.65. The molecule has 0 saturated carbocycles. The van der Waals surface area contributed by atoms with E-state index >= 15 is 4.39 Å². The summed E-state index contributed by atoms with van der Waals surface area (Å²) in [6.07, 6.45) is -20.2. The summed E-state index contributed by atoms with van der Waals surface area (Å²) < 4.78 is 177. The average Bonchev–Trinajstić information content (AvgIpc) is 2.89. The summed E-state index contributed by atoms with van der Waals surface area (Å²) >= 11 is 12.3. The highest BCUT2D eigenvalue weighted by Crippen LogP contribution is 2.59. The zero-order chi connectivity index (χ0) is 34.5. The van der Waals surface area contributed by atoms with Crippen LogP contribution in [0.15, 0.2) is 48.5 Å². The van der Waals surface area contributed by atoms with Gasteiger partial charge in [0.2, 0.25) is 0 Å². The Morgan fingerprint density at radius 1 is 0.711 bits per heavy atom. The van der Waals surface area contributed by atoms with Crippen molar-refractivity contribution in [1.82, 2.24) is 0 Å². The molecular weight excluding hydrogens is 805 g/mol. The van der Waals surface area contributed by atoms with Crippen molar-refractivity contribution in [3.63, 3.8) is 0 Å². The van der Waals surface area contributed by atoms with Gasteiger partial charge in [-0.15, -0.1) is 0 Å². The third kappa shape index (κ3) is 6.91. The summed E-state index contributed by atoms with van der Waals surface area (Å²) in [5.74, 6) is -11.6. The number of benzene rings is 3. The van der Waals surface area contributed by atoms with Crippen molar-refractivity contribution in [1.29, 1.82) is 0 Å². The van der Waals surface area contributed by atoms with E-state index in [4.69, 9.17) is 23.2 Å². The molecule has 0 radical (unpaired) electrons. The lowest BCUT2D eigenvalue weighted by Gasteiger charge is -2.36. The van der Waals surface area contributed by atoms with Gasteiger partial charge in [-0.1, -0.05) is 29.3 Å². The zero-order valence-electron chi connectivity index (χ0n) is 21.0. The maximum absolute atomic E-state index is 15.2. The van der Waals surface area contributed by atoms with Crippen LogP contribution in [0.3, 0.4) is 0 Å². The maximum Gasteiger partial charge on any atom is 0.457 e. The second-order valence-corrected chi connectivity index (χ2v) is 10.8. The number of carbonyl (C=O) groups is 2. The molecule has 3 aromatic carbocycles. The van der Waals surface area contributed by atoms with Crippen LogP contribution < -0.4 is 10.6 Å². The third-order valence-corrected chi connectivity index (χ3v) is 7.47. The first-order chi connectivity index (χ1) is 20.3. The van der Waals surface area contributed by atoms with Crippen molar-refractivity contribution in [2.75, 3.05) is 10.6 Å². The molecule has 0 heterocycles. The highest BCUT2D eigenvalue weighted by atomic mass is 127. The molecule has 1 atom stereocenters. The molecule has 0 aliphatic rings. The molecule has 2 amide bonds. The van der Waals surface area contributed by atoms with Crippen molar-refractivity contribution in [2.24, 2.45) is 0 Å². The summed E-state index contributed by atoms with van der Waals surface area (Å²) in [5, 5.41) is 3.54. The van der Waals surface area contributed by atoms with Gasteiger partial charge in [0.15, 0.2) is 5.82 Å². The quantitative estimate of drug-likeness (QED) is 0.192. The highest BCUT2D eigenvalue weighted by molar-refractivity contribution is 14.1. The van der Waals surface area contributed by atoms with E-state index in [-0.39, 0.29) is 15.6 Å². The highest BCUT2D eigenvalue weighted by Gasteiger charge is 2.82. The van der Waals surface area contributed by atoms with E-state index in [1.165, 1.54) is 17.4 Å². The van der Waals surface area contributed by atoms with Crippen LogP contribution in [-0.2, 0) is 11.8 Å². The second kappa shape index (κ2) is 12.3. The van der Waals surface area contributed by atoms with Crippen LogP contribution in [0, 0.1) is 9.39 Å². The average molecular weight is 815 g/mol. The minimum atomic E-state index is -7.28. The minimum absolute atomic E-state index is 0.0589. The van der Waals surface area contributed by atoms with Crippen LogP contribution >= 0.6 is 45.8 Å². The number of amides is 2. The molecule has 0 spiro atoms. The monoisotopic (exact) mass is 814 g/mol. The Morgan fingerprint density at radius 3 is 1.82 bits per heavy atom. The van der Waals surface area contributed by atoms with Gasteiger partial charge in [0.1, 0.15) is 0 Å². The molecule has 20 heteroatoms. The lowest BCUT2D eigenvalue weighted by Crippen LogP contribution is -2.59. The van der Waals surface area contributed by atoms with Crippen molar-refractivity contribution in [3.05, 3.63) is 90.2 Å². The summed E-state index contributed by atoms with van der Waals surface area (Å²) in [7, 11) is 0. The SMILES string of the molecule is O=C(Nc1cccc(C(=O)Nc2c(I)cc(C(F)(C(F)(F)F)C(F)(F)C(F)(F)F)cc2C(F)(F)F)c1F)c1ccc(Cl)c(Cl)c1. The van der Waals surface area contributed by atoms with Gasteiger partial charge in [0.25, 0.3) is 11.8 Å². The van der Waals surface area contributed by atoms with Gasteiger partial charge < -0.3 is 10.6 Å². The Hall–Kier alpha value is -3.00. The van der Waals surface area contributed by atoms with E-state index in [9.17, 15) is 62.3 Å². The molecule has 244 valence electrons. The molecule has 3 aromatic rings. The van der Waals surface area contributed by atoms with E-state index < -0.39 is 91.5 Å². The Labute approximate surface area is 266 Å². The first-order valence-electron chi connectivity index (χ1n) is 11.3. The molecule has 2 N–H and O–H groups in total. The van der Waals surface area contributed by atoms with Gasteiger partial charge in [0.05, 0.1) is 32.5 Å². The third-order valence-electron chi connectivity index (χ3n) is 5.88. The number of nitrogens with one attached hydrogen (secondary N) is 2. The van der Waals surface area contributed by atoms with E-state index in [2.05, 4.69) is 5.32 Å². The van der Waals surface area contributed by atoms with Crippen molar-refractivity contribution in [2.45, 2.75) is 30.1 Å². The smallest absolute Gasteiger partial charge is 0.320 e. The molecule has 0 aliphatic carbocycles. The van der Waals surface area contributed by atoms with Gasteiger partial charge in [-0.3, -0.25) is 9.59 Å². The summed E-state index contributed by atoms with van der Waals surface area (Å²) in [4.78, 5) is 25.3. The van der Waals surface area contributed by atoms with Gasteiger partial charge in [-0.05, 0) is 65.1 Å². The van der Waals surface area contributed by atoms with E-state index in [0.29, 0.717) is 6.07 Å². The molecule has 0 bridgehead atoms. The molecule has 3 rings (SSSR count). The lowest BCUT2D eigenvalue weighted by molar-refractivity contribution is -0.389. The normalized spacial score (nSPS) is 14.1. The van der Waals surface area contributed by atoms with Crippen LogP contribution in [0.4, 0.5) is 68.5 Å². The van der Waals surface area contributed by atoms with Crippen molar-refractivity contribution >= 4 is 69.0 Å². The first kappa shape index (κ1) is 36.5. The zero-order valence-corrected chi connectivity index (χ0v) is 24.7. The summed E-state index contributed by atoms with van der Waals surface area (Å²) in [5.41, 5.74) is -15.5. The number of hydrogen-bond donors (Lipinski definition) is 2.